The molecule has 0 atom stereocenters. The van der Waals surface area contributed by atoms with Gasteiger partial charge in [-0.3, -0.25) is 9.59 Å². The minimum Gasteiger partial charge on any atom is -0.497 e. The molecule has 3 aromatic carbocycles. The molecule has 2 amide bonds. The number of carbonyl (C=O) groups excluding carboxylic acids is 2. The lowest BCUT2D eigenvalue weighted by Crippen LogP contribution is -2.13. The summed E-state index contributed by atoms with van der Waals surface area (Å²) in [4.78, 5) is 29.9. The van der Waals surface area contributed by atoms with E-state index in [4.69, 9.17) is 4.74 Å². The highest BCUT2D eigenvalue weighted by molar-refractivity contribution is 8.00. The Balaban J connectivity index is 1.26. The fraction of sp³-hybridized carbons (Fsp3) is 0.0800. The quantitative estimate of drug-likeness (QED) is 0.297. The van der Waals surface area contributed by atoms with E-state index >= 15 is 0 Å². The van der Waals surface area contributed by atoms with Gasteiger partial charge in [0, 0.05) is 27.1 Å². The number of nitrogens with one attached hydrogen (secondary N) is 2. The van der Waals surface area contributed by atoms with E-state index in [1.807, 2.05) is 41.8 Å². The number of hydrogen-bond acceptors (Lipinski definition) is 6. The lowest BCUT2D eigenvalue weighted by molar-refractivity contribution is -0.113. The van der Waals surface area contributed by atoms with E-state index in [9.17, 15) is 14.0 Å². The van der Waals surface area contributed by atoms with E-state index in [0.29, 0.717) is 16.4 Å². The molecule has 9 heteroatoms. The highest BCUT2D eigenvalue weighted by atomic mass is 32.2. The van der Waals surface area contributed by atoms with Crippen LogP contribution in [-0.4, -0.2) is 29.7 Å². The minimum absolute atomic E-state index is 0.158. The first-order valence-electron chi connectivity index (χ1n) is 10.2. The summed E-state index contributed by atoms with van der Waals surface area (Å²) in [6.07, 6.45) is 0. The van der Waals surface area contributed by atoms with Crippen LogP contribution in [0.5, 0.6) is 5.75 Å². The van der Waals surface area contributed by atoms with Crippen molar-refractivity contribution in [2.45, 2.75) is 4.90 Å². The summed E-state index contributed by atoms with van der Waals surface area (Å²) in [6.45, 7) is 0. The number of carbonyl (C=O) groups is 2. The molecule has 1 aromatic heterocycles. The zero-order valence-corrected chi connectivity index (χ0v) is 19.7. The van der Waals surface area contributed by atoms with E-state index in [1.165, 1.54) is 47.4 Å². The second kappa shape index (κ2) is 11.0. The first-order chi connectivity index (χ1) is 16.5. The van der Waals surface area contributed by atoms with E-state index in [2.05, 4.69) is 15.6 Å². The molecule has 172 valence electrons. The van der Waals surface area contributed by atoms with Gasteiger partial charge in [0.05, 0.1) is 18.6 Å². The minimum atomic E-state index is -0.394. The molecule has 2 N–H and O–H groups in total. The van der Waals surface area contributed by atoms with E-state index in [1.54, 1.807) is 19.2 Å². The van der Waals surface area contributed by atoms with Gasteiger partial charge in [0.1, 0.15) is 11.6 Å². The van der Waals surface area contributed by atoms with Gasteiger partial charge in [0.2, 0.25) is 5.91 Å². The average molecular weight is 494 g/mol. The van der Waals surface area contributed by atoms with Crippen LogP contribution in [0.4, 0.5) is 15.2 Å². The SMILES string of the molecule is COc1ccc(-c2csc(NC(=O)CSc3ccc(NC(=O)c4ccc(F)cc4)cc3)n2)cc1. The summed E-state index contributed by atoms with van der Waals surface area (Å²) >= 11 is 2.74. The zero-order chi connectivity index (χ0) is 23.9. The number of rotatable bonds is 8. The van der Waals surface area contributed by atoms with Crippen LogP contribution in [-0.2, 0) is 4.79 Å². The van der Waals surface area contributed by atoms with E-state index in [-0.39, 0.29) is 17.6 Å². The van der Waals surface area contributed by atoms with Gasteiger partial charge in [-0.2, -0.15) is 0 Å². The lowest BCUT2D eigenvalue weighted by atomic mass is 10.2. The van der Waals surface area contributed by atoms with Gasteiger partial charge in [-0.15, -0.1) is 23.1 Å². The summed E-state index contributed by atoms with van der Waals surface area (Å²) in [6, 6.07) is 20.1. The zero-order valence-electron chi connectivity index (χ0n) is 18.1. The van der Waals surface area contributed by atoms with Gasteiger partial charge in [0.15, 0.2) is 5.13 Å². The van der Waals surface area contributed by atoms with Crippen LogP contribution in [0.1, 0.15) is 10.4 Å². The Bertz CT molecular complexity index is 1270. The normalized spacial score (nSPS) is 10.5. The van der Waals surface area contributed by atoms with Crippen LogP contribution >= 0.6 is 23.1 Å². The van der Waals surface area contributed by atoms with Crippen molar-refractivity contribution in [3.05, 3.63) is 89.6 Å². The largest absolute Gasteiger partial charge is 0.497 e. The molecule has 4 aromatic rings. The van der Waals surface area contributed by atoms with Gasteiger partial charge in [-0.05, 0) is 72.8 Å². The number of ether oxygens (including phenoxy) is 1. The second-order valence-electron chi connectivity index (χ2n) is 7.09. The third-order valence-electron chi connectivity index (χ3n) is 4.72. The van der Waals surface area contributed by atoms with Gasteiger partial charge >= 0.3 is 0 Å². The van der Waals surface area contributed by atoms with Crippen LogP contribution in [0.3, 0.4) is 0 Å². The van der Waals surface area contributed by atoms with E-state index < -0.39 is 5.82 Å². The molecule has 0 fully saturated rings. The van der Waals surface area contributed by atoms with E-state index in [0.717, 1.165) is 21.9 Å². The second-order valence-corrected chi connectivity index (χ2v) is 9.00. The molecule has 0 bridgehead atoms. The van der Waals surface area contributed by atoms with Crippen LogP contribution in [0, 0.1) is 5.82 Å². The number of thiazole rings is 1. The molecule has 0 radical (unpaired) electrons. The molecule has 0 aliphatic rings. The van der Waals surface area contributed by atoms with Crippen LogP contribution in [0.15, 0.2) is 83.1 Å². The molecule has 4 rings (SSSR count). The summed E-state index contributed by atoms with van der Waals surface area (Å²) in [7, 11) is 1.62. The Morgan fingerprint density at radius 3 is 2.35 bits per heavy atom. The third-order valence-corrected chi connectivity index (χ3v) is 6.49. The van der Waals surface area contributed by atoms with Crippen molar-refractivity contribution in [3.8, 4) is 17.0 Å². The molecule has 0 saturated carbocycles. The molecular weight excluding hydrogens is 473 g/mol. The Labute approximate surface area is 204 Å². The molecule has 1 heterocycles. The van der Waals surface area contributed by atoms with Crippen molar-refractivity contribution in [1.82, 2.24) is 4.98 Å². The van der Waals surface area contributed by atoms with Gasteiger partial charge in [-0.25, -0.2) is 9.37 Å². The smallest absolute Gasteiger partial charge is 0.255 e. The Morgan fingerprint density at radius 1 is 0.971 bits per heavy atom. The number of hydrogen-bond donors (Lipinski definition) is 2. The molecule has 0 unspecified atom stereocenters. The molecule has 0 aliphatic carbocycles. The third kappa shape index (κ3) is 6.21. The summed E-state index contributed by atoms with van der Waals surface area (Å²) in [5, 5.41) is 8.01. The van der Waals surface area contributed by atoms with Gasteiger partial charge < -0.3 is 15.4 Å². The highest BCUT2D eigenvalue weighted by Gasteiger charge is 2.10. The summed E-state index contributed by atoms with van der Waals surface area (Å²) in [5.74, 6) is 0.118. The summed E-state index contributed by atoms with van der Waals surface area (Å²) < 4.78 is 18.2. The number of thioether (sulfide) groups is 1. The van der Waals surface area contributed by atoms with Crippen molar-refractivity contribution in [1.29, 1.82) is 0 Å². The Hall–Kier alpha value is -3.69. The van der Waals surface area contributed by atoms with Crippen LogP contribution < -0.4 is 15.4 Å². The average Bonchev–Trinajstić information content (AvgIpc) is 3.32. The maximum atomic E-state index is 13.0. The Morgan fingerprint density at radius 2 is 1.68 bits per heavy atom. The highest BCUT2D eigenvalue weighted by Crippen LogP contribution is 2.27. The number of aromatic nitrogens is 1. The Kier molecular flexibility index (Phi) is 7.56. The number of nitrogens with zero attached hydrogens (tertiary/aromatic N) is 1. The first kappa shape index (κ1) is 23.5. The number of amides is 2. The number of anilines is 2. The van der Waals surface area contributed by atoms with Crippen molar-refractivity contribution >= 4 is 45.7 Å². The molecule has 0 saturated heterocycles. The predicted octanol–water partition coefficient (Wildman–Crippen LogP) is 5.94. The van der Waals surface area contributed by atoms with Crippen LogP contribution in [0.25, 0.3) is 11.3 Å². The predicted molar refractivity (Wildman–Crippen MR) is 134 cm³/mol. The standard InChI is InChI=1S/C25H20FN3O3S2/c1-32-20-10-4-16(5-11-20)22-14-34-25(28-22)29-23(30)15-33-21-12-8-19(9-13-21)27-24(31)17-2-6-18(26)7-3-17/h2-14H,15H2,1H3,(H,27,31)(H,28,29,30). The molecule has 6 nitrogen and oxygen atoms in total. The van der Waals surface area contributed by atoms with Gasteiger partial charge in [0.25, 0.3) is 5.91 Å². The lowest BCUT2D eigenvalue weighted by Gasteiger charge is -2.07. The maximum Gasteiger partial charge on any atom is 0.255 e. The molecule has 34 heavy (non-hydrogen) atoms. The van der Waals surface area contributed by atoms with Gasteiger partial charge in [-0.1, -0.05) is 0 Å². The molecule has 0 aliphatic heterocycles. The molecule has 0 spiro atoms. The number of halogens is 1. The maximum absolute atomic E-state index is 13.0. The fourth-order valence-electron chi connectivity index (χ4n) is 2.97. The fourth-order valence-corrected chi connectivity index (χ4v) is 4.40. The first-order valence-corrected chi connectivity index (χ1v) is 12.1. The monoisotopic (exact) mass is 493 g/mol. The number of benzene rings is 3. The summed E-state index contributed by atoms with van der Waals surface area (Å²) in [5.41, 5.74) is 2.71. The van der Waals surface area contributed by atoms with Crippen molar-refractivity contribution < 1.29 is 18.7 Å². The van der Waals surface area contributed by atoms with Crippen molar-refractivity contribution in [2.75, 3.05) is 23.5 Å². The topological polar surface area (TPSA) is 80.3 Å². The molecular formula is C25H20FN3O3S2. The number of methoxy groups -OCH3 is 1. The van der Waals surface area contributed by atoms with Crippen molar-refractivity contribution in [2.24, 2.45) is 0 Å². The van der Waals surface area contributed by atoms with Crippen LogP contribution in [0.2, 0.25) is 0 Å². The van der Waals surface area contributed by atoms with Crippen molar-refractivity contribution in [3.63, 3.8) is 0 Å².